The van der Waals surface area contributed by atoms with Crippen LogP contribution in [0.3, 0.4) is 0 Å². The second-order valence-corrected chi connectivity index (χ2v) is 4.81. The number of hydrogen-bond donors (Lipinski definition) is 0. The first-order chi connectivity index (χ1) is 9.59. The summed E-state index contributed by atoms with van der Waals surface area (Å²) in [5.41, 5.74) is 4.16. The lowest BCUT2D eigenvalue weighted by Gasteiger charge is -2.13. The van der Waals surface area contributed by atoms with E-state index in [4.69, 9.17) is 0 Å². The maximum absolute atomic E-state index is 12.5. The number of Topliss-reactive ketones (excluding diaryl/α,β-unsaturated/α-hetero) is 1. The molecule has 0 aliphatic heterocycles. The molecule has 0 amide bonds. The van der Waals surface area contributed by atoms with Crippen LogP contribution in [0.2, 0.25) is 0 Å². The lowest BCUT2D eigenvalue weighted by molar-refractivity contribution is 0.0965. The Labute approximate surface area is 122 Å². The molecule has 0 spiro atoms. The summed E-state index contributed by atoms with van der Waals surface area (Å²) < 4.78 is 0. The van der Waals surface area contributed by atoms with Gasteiger partial charge < -0.3 is 0 Å². The van der Waals surface area contributed by atoms with E-state index in [0.29, 0.717) is 0 Å². The van der Waals surface area contributed by atoms with Crippen LogP contribution >= 0.6 is 0 Å². The van der Waals surface area contributed by atoms with E-state index >= 15 is 0 Å². The lowest BCUT2D eigenvalue weighted by Crippen LogP contribution is -2.11. The van der Waals surface area contributed by atoms with Gasteiger partial charge in [0.1, 0.15) is 0 Å². The topological polar surface area (TPSA) is 17.1 Å². The van der Waals surface area contributed by atoms with E-state index in [1.165, 1.54) is 5.56 Å². The molecular formula is C19H24O. The van der Waals surface area contributed by atoms with Gasteiger partial charge in [-0.15, -0.1) is 0 Å². The van der Waals surface area contributed by atoms with Crippen molar-refractivity contribution >= 4 is 5.78 Å². The molecule has 1 nitrogen and oxygen atoms in total. The van der Waals surface area contributed by atoms with Crippen molar-refractivity contribution < 1.29 is 4.79 Å². The quantitative estimate of drug-likeness (QED) is 0.689. The molecule has 2 aromatic rings. The molecule has 0 bridgehead atoms. The fourth-order valence-electron chi connectivity index (χ4n) is 2.09. The Morgan fingerprint density at radius 3 is 2.00 bits per heavy atom. The summed E-state index contributed by atoms with van der Waals surface area (Å²) >= 11 is 0. The zero-order chi connectivity index (χ0) is 15.1. The van der Waals surface area contributed by atoms with Gasteiger partial charge in [0.2, 0.25) is 0 Å². The average molecular weight is 268 g/mol. The van der Waals surface area contributed by atoms with E-state index in [2.05, 4.69) is 19.1 Å². The summed E-state index contributed by atoms with van der Waals surface area (Å²) in [6.45, 7) is 10.0. The van der Waals surface area contributed by atoms with Crippen LogP contribution in [0.5, 0.6) is 0 Å². The van der Waals surface area contributed by atoms with Crippen LogP contribution in [0.25, 0.3) is 0 Å². The zero-order valence-electron chi connectivity index (χ0n) is 13.1. The third kappa shape index (κ3) is 3.80. The Hall–Kier alpha value is -1.89. The van der Waals surface area contributed by atoms with Crippen LogP contribution in [0, 0.1) is 13.8 Å². The average Bonchev–Trinajstić information content (AvgIpc) is 2.49. The molecule has 20 heavy (non-hydrogen) atoms. The molecule has 1 atom stereocenters. The highest BCUT2D eigenvalue weighted by Crippen LogP contribution is 2.22. The van der Waals surface area contributed by atoms with Gasteiger partial charge in [0.05, 0.1) is 0 Å². The SMILES string of the molecule is CC.Cc1ccc(C(C)C(=O)c2ccccc2C)cc1. The maximum atomic E-state index is 12.5. The van der Waals surface area contributed by atoms with E-state index in [1.807, 2.05) is 64.1 Å². The number of carbonyl (C=O) groups is 1. The molecule has 0 heterocycles. The molecule has 106 valence electrons. The number of carbonyl (C=O) groups excluding carboxylic acids is 1. The number of hydrogen-bond acceptors (Lipinski definition) is 1. The predicted molar refractivity (Wildman–Crippen MR) is 86.5 cm³/mol. The Kier molecular flexibility index (Phi) is 6.17. The molecule has 0 aromatic heterocycles. The number of ketones is 1. The molecule has 2 rings (SSSR count). The normalized spacial score (nSPS) is 11.2. The second kappa shape index (κ2) is 7.64. The number of aryl methyl sites for hydroxylation is 2. The molecule has 0 fully saturated rings. The van der Waals surface area contributed by atoms with Gasteiger partial charge in [0.25, 0.3) is 0 Å². The van der Waals surface area contributed by atoms with Gasteiger partial charge in [0.15, 0.2) is 5.78 Å². The first-order valence-electron chi connectivity index (χ1n) is 7.26. The maximum Gasteiger partial charge on any atom is 0.170 e. The molecule has 0 radical (unpaired) electrons. The Balaban J connectivity index is 0.000000956. The van der Waals surface area contributed by atoms with Gasteiger partial charge in [0, 0.05) is 11.5 Å². The Bertz CT molecular complexity index is 552. The van der Waals surface area contributed by atoms with Gasteiger partial charge in [-0.1, -0.05) is 74.9 Å². The van der Waals surface area contributed by atoms with Gasteiger partial charge in [-0.2, -0.15) is 0 Å². The standard InChI is InChI=1S/C17H18O.C2H6/c1-12-8-10-15(11-9-12)14(3)17(18)16-7-5-4-6-13(16)2;1-2/h4-11,14H,1-3H3;1-2H3. The summed E-state index contributed by atoms with van der Waals surface area (Å²) in [5.74, 6) is 0.101. The van der Waals surface area contributed by atoms with Crippen molar-refractivity contribution in [2.45, 2.75) is 40.5 Å². The van der Waals surface area contributed by atoms with E-state index in [1.54, 1.807) is 0 Å². The minimum atomic E-state index is -0.0910. The smallest absolute Gasteiger partial charge is 0.170 e. The van der Waals surface area contributed by atoms with Crippen LogP contribution < -0.4 is 0 Å². The van der Waals surface area contributed by atoms with Crippen LogP contribution in [0.1, 0.15) is 53.7 Å². The minimum Gasteiger partial charge on any atom is -0.293 e. The minimum absolute atomic E-state index is 0.0910. The third-order valence-electron chi connectivity index (χ3n) is 3.38. The molecule has 0 saturated heterocycles. The largest absolute Gasteiger partial charge is 0.293 e. The Morgan fingerprint density at radius 2 is 1.45 bits per heavy atom. The predicted octanol–water partition coefficient (Wildman–Crippen LogP) is 5.32. The second-order valence-electron chi connectivity index (χ2n) is 4.81. The van der Waals surface area contributed by atoms with Crippen LogP contribution in [0.4, 0.5) is 0 Å². The molecule has 1 heteroatoms. The van der Waals surface area contributed by atoms with Gasteiger partial charge in [-0.05, 0) is 25.0 Å². The first kappa shape index (κ1) is 16.2. The summed E-state index contributed by atoms with van der Waals surface area (Å²) in [7, 11) is 0. The molecule has 0 N–H and O–H groups in total. The van der Waals surface area contributed by atoms with Crippen molar-refractivity contribution in [2.24, 2.45) is 0 Å². The molecule has 0 aliphatic rings. The summed E-state index contributed by atoms with van der Waals surface area (Å²) in [5, 5.41) is 0. The van der Waals surface area contributed by atoms with E-state index < -0.39 is 0 Å². The zero-order valence-corrected chi connectivity index (χ0v) is 13.1. The van der Waals surface area contributed by atoms with Crippen LogP contribution in [-0.2, 0) is 0 Å². The van der Waals surface area contributed by atoms with Crippen molar-refractivity contribution in [3.63, 3.8) is 0 Å². The lowest BCUT2D eigenvalue weighted by atomic mass is 9.90. The molecule has 0 aliphatic carbocycles. The highest BCUT2D eigenvalue weighted by molar-refractivity contribution is 6.01. The van der Waals surface area contributed by atoms with Crippen LogP contribution in [0.15, 0.2) is 48.5 Å². The molecule has 1 unspecified atom stereocenters. The summed E-state index contributed by atoms with van der Waals surface area (Å²) in [6.07, 6.45) is 0. The van der Waals surface area contributed by atoms with Gasteiger partial charge in [-0.25, -0.2) is 0 Å². The van der Waals surface area contributed by atoms with Crippen molar-refractivity contribution in [1.82, 2.24) is 0 Å². The number of benzene rings is 2. The molecule has 2 aromatic carbocycles. The summed E-state index contributed by atoms with van der Waals surface area (Å²) in [4.78, 5) is 12.5. The van der Waals surface area contributed by atoms with E-state index in [-0.39, 0.29) is 11.7 Å². The van der Waals surface area contributed by atoms with Crippen molar-refractivity contribution in [2.75, 3.05) is 0 Å². The van der Waals surface area contributed by atoms with Crippen molar-refractivity contribution in [3.05, 3.63) is 70.8 Å². The monoisotopic (exact) mass is 268 g/mol. The van der Waals surface area contributed by atoms with Crippen molar-refractivity contribution in [3.8, 4) is 0 Å². The highest BCUT2D eigenvalue weighted by Gasteiger charge is 2.18. The fourth-order valence-corrected chi connectivity index (χ4v) is 2.09. The van der Waals surface area contributed by atoms with Crippen molar-refractivity contribution in [1.29, 1.82) is 0 Å². The first-order valence-corrected chi connectivity index (χ1v) is 7.26. The number of rotatable bonds is 3. The highest BCUT2D eigenvalue weighted by atomic mass is 16.1. The fraction of sp³-hybridized carbons (Fsp3) is 0.316. The van der Waals surface area contributed by atoms with E-state index in [0.717, 1.165) is 16.7 Å². The molecule has 0 saturated carbocycles. The van der Waals surface area contributed by atoms with E-state index in [9.17, 15) is 4.79 Å². The van der Waals surface area contributed by atoms with Gasteiger partial charge in [-0.3, -0.25) is 4.79 Å². The molecular weight excluding hydrogens is 244 g/mol. The third-order valence-corrected chi connectivity index (χ3v) is 3.38. The van der Waals surface area contributed by atoms with Crippen LogP contribution in [-0.4, -0.2) is 5.78 Å². The summed E-state index contributed by atoms with van der Waals surface area (Å²) in [6, 6.07) is 15.9. The van der Waals surface area contributed by atoms with Gasteiger partial charge >= 0.3 is 0 Å². The Morgan fingerprint density at radius 1 is 0.900 bits per heavy atom.